The number of carbonyl (C=O) groups excluding carboxylic acids is 2. The number of benzene rings is 3. The lowest BCUT2D eigenvalue weighted by Gasteiger charge is -2.36. The van der Waals surface area contributed by atoms with Gasteiger partial charge in [-0.05, 0) is 78.2 Å². The van der Waals surface area contributed by atoms with Crippen LogP contribution >= 0.6 is 11.6 Å². The minimum atomic E-state index is -1.08. The maximum atomic E-state index is 13.7. The van der Waals surface area contributed by atoms with Crippen molar-refractivity contribution in [3.05, 3.63) is 94.0 Å². The molecular formula is C30H31ClN6O6. The van der Waals surface area contributed by atoms with Gasteiger partial charge in [-0.3, -0.25) is 14.6 Å². The van der Waals surface area contributed by atoms with Gasteiger partial charge in [-0.1, -0.05) is 17.7 Å². The van der Waals surface area contributed by atoms with E-state index in [9.17, 15) is 19.5 Å². The van der Waals surface area contributed by atoms with Crippen molar-refractivity contribution >= 4 is 53.2 Å². The van der Waals surface area contributed by atoms with Crippen LogP contribution in [0.3, 0.4) is 0 Å². The SMILES string of the molecule is COCCOc1ccc2c(c1)CCN(C(=O)/C=C/c1cc(Cl)ccc1N(N)/C=N\N)C2C(=O)Nc1ccc(C(=O)O)cc1. The molecule has 0 saturated carbocycles. The number of anilines is 2. The van der Waals surface area contributed by atoms with Gasteiger partial charge in [0.15, 0.2) is 0 Å². The van der Waals surface area contributed by atoms with Gasteiger partial charge >= 0.3 is 5.97 Å². The molecule has 0 aromatic heterocycles. The van der Waals surface area contributed by atoms with E-state index >= 15 is 0 Å². The van der Waals surface area contributed by atoms with Crippen molar-refractivity contribution in [2.24, 2.45) is 16.8 Å². The van der Waals surface area contributed by atoms with Crippen LogP contribution in [-0.4, -0.2) is 61.0 Å². The molecule has 0 bridgehead atoms. The largest absolute Gasteiger partial charge is 0.491 e. The monoisotopic (exact) mass is 606 g/mol. The molecule has 0 spiro atoms. The number of fused-ring (bicyclic) bond motifs is 1. The van der Waals surface area contributed by atoms with Crippen LogP contribution in [0.25, 0.3) is 6.08 Å². The van der Waals surface area contributed by atoms with E-state index in [0.717, 1.165) is 5.56 Å². The first-order chi connectivity index (χ1) is 20.7. The van der Waals surface area contributed by atoms with Crippen LogP contribution < -0.4 is 26.7 Å². The van der Waals surface area contributed by atoms with Crippen LogP contribution in [0.2, 0.25) is 5.02 Å². The zero-order valence-electron chi connectivity index (χ0n) is 23.3. The number of halogens is 1. The molecule has 0 saturated heterocycles. The first-order valence-electron chi connectivity index (χ1n) is 13.2. The van der Waals surface area contributed by atoms with Crippen LogP contribution in [0.4, 0.5) is 11.4 Å². The third kappa shape index (κ3) is 7.68. The van der Waals surface area contributed by atoms with Gasteiger partial charge in [0.2, 0.25) is 5.91 Å². The van der Waals surface area contributed by atoms with Crippen molar-refractivity contribution in [3.8, 4) is 5.75 Å². The molecule has 43 heavy (non-hydrogen) atoms. The first-order valence-corrected chi connectivity index (χ1v) is 13.5. The normalized spacial score (nSPS) is 14.5. The highest BCUT2D eigenvalue weighted by molar-refractivity contribution is 6.30. The smallest absolute Gasteiger partial charge is 0.335 e. The number of nitrogens with two attached hydrogens (primary N) is 2. The van der Waals surface area contributed by atoms with Gasteiger partial charge in [-0.2, -0.15) is 5.10 Å². The lowest BCUT2D eigenvalue weighted by molar-refractivity contribution is -0.135. The Morgan fingerprint density at radius 3 is 2.60 bits per heavy atom. The summed E-state index contributed by atoms with van der Waals surface area (Å²) in [6.07, 6.45) is 4.59. The fourth-order valence-corrected chi connectivity index (χ4v) is 4.83. The van der Waals surface area contributed by atoms with Crippen LogP contribution in [0.1, 0.15) is 33.1 Å². The number of rotatable bonds is 11. The molecule has 0 fully saturated rings. The summed E-state index contributed by atoms with van der Waals surface area (Å²) >= 11 is 6.19. The van der Waals surface area contributed by atoms with E-state index in [1.165, 1.54) is 46.6 Å². The van der Waals surface area contributed by atoms with Gasteiger partial charge in [0.25, 0.3) is 5.91 Å². The third-order valence-electron chi connectivity index (χ3n) is 6.69. The number of hydrazine groups is 1. The van der Waals surface area contributed by atoms with E-state index in [2.05, 4.69) is 10.4 Å². The molecule has 13 heteroatoms. The Balaban J connectivity index is 1.65. The number of amides is 2. The molecule has 1 aliphatic heterocycles. The predicted molar refractivity (Wildman–Crippen MR) is 164 cm³/mol. The van der Waals surface area contributed by atoms with E-state index in [4.69, 9.17) is 32.8 Å². The van der Waals surface area contributed by atoms with Gasteiger partial charge in [0.05, 0.1) is 17.9 Å². The minimum absolute atomic E-state index is 0.0816. The average Bonchev–Trinajstić information content (AvgIpc) is 2.99. The first kappa shape index (κ1) is 31.0. The summed E-state index contributed by atoms with van der Waals surface area (Å²) in [6.45, 7) is 1.04. The molecule has 3 aromatic carbocycles. The Labute approximate surface area is 253 Å². The van der Waals surface area contributed by atoms with Crippen molar-refractivity contribution in [1.29, 1.82) is 0 Å². The van der Waals surface area contributed by atoms with Gasteiger partial charge in [-0.15, -0.1) is 0 Å². The van der Waals surface area contributed by atoms with E-state index in [-0.39, 0.29) is 12.1 Å². The molecule has 6 N–H and O–H groups in total. The molecule has 0 aliphatic carbocycles. The Morgan fingerprint density at radius 2 is 1.91 bits per heavy atom. The summed E-state index contributed by atoms with van der Waals surface area (Å²) in [6, 6.07) is 15.1. The summed E-state index contributed by atoms with van der Waals surface area (Å²) < 4.78 is 10.8. The second kappa shape index (κ2) is 14.3. The molecule has 224 valence electrons. The fourth-order valence-electron chi connectivity index (χ4n) is 4.65. The average molecular weight is 607 g/mol. The van der Waals surface area contributed by atoms with Crippen LogP contribution in [0.5, 0.6) is 5.75 Å². The number of nitrogens with one attached hydrogen (secondary N) is 1. The van der Waals surface area contributed by atoms with Crippen molar-refractivity contribution in [2.75, 3.05) is 37.2 Å². The number of methoxy groups -OCH3 is 1. The summed E-state index contributed by atoms with van der Waals surface area (Å²) in [5, 5.41) is 17.1. The van der Waals surface area contributed by atoms with E-state index in [1.807, 2.05) is 6.07 Å². The molecule has 1 aliphatic rings. The number of ether oxygens (including phenoxy) is 2. The van der Waals surface area contributed by atoms with E-state index < -0.39 is 23.8 Å². The highest BCUT2D eigenvalue weighted by Gasteiger charge is 2.35. The standard InChI is InChI=1S/C30H31ClN6O6/c1-42-14-15-43-24-8-9-25-20(17-24)12-13-36(28(25)29(39)35-23-6-2-19(3-7-23)30(40)41)27(38)11-4-21-16-22(31)5-10-26(21)37(33)18-34-32/h2-11,16-18,28H,12-15,32-33H2,1H3,(H,35,39)(H,40,41)/b11-4+,34-18-. The summed E-state index contributed by atoms with van der Waals surface area (Å²) in [5.41, 5.74) is 2.99. The van der Waals surface area contributed by atoms with Crippen LogP contribution in [0, 0.1) is 0 Å². The molecule has 12 nitrogen and oxygen atoms in total. The van der Waals surface area contributed by atoms with Crippen molar-refractivity contribution in [1.82, 2.24) is 4.90 Å². The number of carbonyl (C=O) groups is 3. The van der Waals surface area contributed by atoms with Crippen LogP contribution in [0.15, 0.2) is 71.8 Å². The highest BCUT2D eigenvalue weighted by atomic mass is 35.5. The predicted octanol–water partition coefficient (Wildman–Crippen LogP) is 3.42. The molecule has 1 heterocycles. The third-order valence-corrected chi connectivity index (χ3v) is 6.93. The van der Waals surface area contributed by atoms with Crippen LogP contribution in [-0.2, 0) is 20.7 Å². The lowest BCUT2D eigenvalue weighted by Crippen LogP contribution is -2.44. The number of hydrogen-bond donors (Lipinski definition) is 4. The van der Waals surface area contributed by atoms with Gasteiger partial charge in [-0.25, -0.2) is 10.6 Å². The Bertz CT molecular complexity index is 1540. The topological polar surface area (TPSA) is 173 Å². The fraction of sp³-hybridized carbons (Fsp3) is 0.200. The maximum absolute atomic E-state index is 13.7. The number of hydrazone groups is 1. The molecular weight excluding hydrogens is 576 g/mol. The summed E-state index contributed by atoms with van der Waals surface area (Å²) in [5.74, 6) is 9.89. The Hall–Kier alpha value is -4.91. The summed E-state index contributed by atoms with van der Waals surface area (Å²) in [4.78, 5) is 40.1. The Kier molecular flexibility index (Phi) is 10.3. The zero-order valence-corrected chi connectivity index (χ0v) is 24.0. The van der Waals surface area contributed by atoms with Gasteiger partial charge in [0, 0.05) is 36.0 Å². The Morgan fingerprint density at radius 1 is 1.14 bits per heavy atom. The molecule has 0 radical (unpaired) electrons. The van der Waals surface area contributed by atoms with Crippen molar-refractivity contribution in [3.63, 3.8) is 0 Å². The van der Waals surface area contributed by atoms with Gasteiger partial charge < -0.3 is 30.6 Å². The van der Waals surface area contributed by atoms with Gasteiger partial charge in [0.1, 0.15) is 24.7 Å². The second-order valence-corrected chi connectivity index (χ2v) is 9.90. The van der Waals surface area contributed by atoms with E-state index in [0.29, 0.717) is 52.9 Å². The number of hydrogen-bond acceptors (Lipinski definition) is 8. The van der Waals surface area contributed by atoms with Crippen molar-refractivity contribution < 1.29 is 29.0 Å². The maximum Gasteiger partial charge on any atom is 0.335 e. The number of aromatic carboxylic acids is 1. The zero-order chi connectivity index (χ0) is 30.9. The number of carboxylic acid groups (broad SMARTS) is 1. The molecule has 2 amide bonds. The van der Waals surface area contributed by atoms with E-state index in [1.54, 1.807) is 43.5 Å². The molecule has 1 atom stereocenters. The highest BCUT2D eigenvalue weighted by Crippen LogP contribution is 2.34. The second-order valence-electron chi connectivity index (χ2n) is 9.47. The minimum Gasteiger partial charge on any atom is -0.491 e. The summed E-state index contributed by atoms with van der Waals surface area (Å²) in [7, 11) is 1.59. The number of carboxylic acids is 1. The molecule has 1 unspecified atom stereocenters. The molecule has 3 aromatic rings. The number of nitrogens with zero attached hydrogens (tertiary/aromatic N) is 3. The molecule has 4 rings (SSSR count). The van der Waals surface area contributed by atoms with Crippen molar-refractivity contribution in [2.45, 2.75) is 12.5 Å². The lowest BCUT2D eigenvalue weighted by atomic mass is 9.91. The quantitative estimate of drug-likeness (QED) is 0.0637.